The first-order chi connectivity index (χ1) is 10.1. The molecule has 1 aromatic carbocycles. The van der Waals surface area contributed by atoms with Gasteiger partial charge in [-0.15, -0.1) is 0 Å². The van der Waals surface area contributed by atoms with Gasteiger partial charge in [0.15, 0.2) is 8.32 Å². The average Bonchev–Trinajstić information content (AvgIpc) is 2.85. The summed E-state index contributed by atoms with van der Waals surface area (Å²) in [6, 6.07) is 7.54. The first-order valence-electron chi connectivity index (χ1n) is 7.48. The lowest BCUT2D eigenvalue weighted by Crippen LogP contribution is -2.40. The van der Waals surface area contributed by atoms with Gasteiger partial charge in [0, 0.05) is 16.6 Å². The molecule has 0 bridgehead atoms. The summed E-state index contributed by atoms with van der Waals surface area (Å²) in [5.74, 6) is -0.317. The van der Waals surface area contributed by atoms with Gasteiger partial charge in [-0.1, -0.05) is 20.8 Å². The quantitative estimate of drug-likeness (QED) is 0.668. The zero-order chi connectivity index (χ0) is 16.5. The van der Waals surface area contributed by atoms with Crippen LogP contribution >= 0.6 is 0 Å². The molecule has 0 aliphatic heterocycles. The number of carbonyl (C=O) groups excluding carboxylic acids is 1. The summed E-state index contributed by atoms with van der Waals surface area (Å²) in [7, 11) is -0.374. The molecule has 4 nitrogen and oxygen atoms in total. The molecule has 0 radical (unpaired) electrons. The Morgan fingerprint density at radius 3 is 2.50 bits per heavy atom. The van der Waals surface area contributed by atoms with Crippen LogP contribution in [0.3, 0.4) is 0 Å². The van der Waals surface area contributed by atoms with Crippen LogP contribution in [-0.4, -0.2) is 26.4 Å². The van der Waals surface area contributed by atoms with Crippen molar-refractivity contribution in [3.63, 3.8) is 0 Å². The van der Waals surface area contributed by atoms with E-state index < -0.39 is 8.32 Å². The fourth-order valence-corrected chi connectivity index (χ4v) is 2.94. The molecule has 0 amide bonds. The summed E-state index contributed by atoms with van der Waals surface area (Å²) in [5, 5.41) is 1.19. The minimum absolute atomic E-state index is 0.192. The highest BCUT2D eigenvalue weighted by Crippen LogP contribution is 2.37. The standard InChI is InChI=1S/C17H25NO3Si/c1-17(2,3)22(5,6)21-11-14-10-13-9-12(16(19)20-4)7-8-15(13)18-14/h7-10,18H,11H2,1-6H3. The summed E-state index contributed by atoms with van der Waals surface area (Å²) in [4.78, 5) is 14.9. The van der Waals surface area contributed by atoms with Crippen molar-refractivity contribution in [2.75, 3.05) is 7.11 Å². The Labute approximate surface area is 132 Å². The number of carbonyl (C=O) groups is 1. The van der Waals surface area contributed by atoms with Crippen LogP contribution < -0.4 is 0 Å². The molecule has 0 saturated heterocycles. The van der Waals surface area contributed by atoms with Gasteiger partial charge < -0.3 is 14.1 Å². The average molecular weight is 319 g/mol. The number of H-pyrrole nitrogens is 1. The van der Waals surface area contributed by atoms with Crippen molar-refractivity contribution < 1.29 is 14.0 Å². The molecule has 2 rings (SSSR count). The van der Waals surface area contributed by atoms with Gasteiger partial charge in [0.2, 0.25) is 0 Å². The summed E-state index contributed by atoms with van der Waals surface area (Å²) < 4.78 is 11.0. The Bertz CT molecular complexity index is 683. The third kappa shape index (κ3) is 3.42. The van der Waals surface area contributed by atoms with E-state index in [0.29, 0.717) is 12.2 Å². The van der Waals surface area contributed by atoms with E-state index in [-0.39, 0.29) is 11.0 Å². The molecule has 5 heteroatoms. The maximum Gasteiger partial charge on any atom is 0.337 e. The SMILES string of the molecule is COC(=O)c1ccc2[nH]c(CO[Si](C)(C)C(C)(C)C)cc2c1. The van der Waals surface area contributed by atoms with Crippen molar-refractivity contribution in [1.82, 2.24) is 4.98 Å². The van der Waals surface area contributed by atoms with Gasteiger partial charge in [0.05, 0.1) is 19.3 Å². The van der Waals surface area contributed by atoms with Gasteiger partial charge in [0.1, 0.15) is 0 Å². The van der Waals surface area contributed by atoms with Gasteiger partial charge in [-0.3, -0.25) is 0 Å². The van der Waals surface area contributed by atoms with Crippen molar-refractivity contribution in [2.45, 2.75) is 45.5 Å². The summed E-state index contributed by atoms with van der Waals surface area (Å²) in [6.07, 6.45) is 0. The molecule has 0 fully saturated rings. The molecule has 0 aliphatic carbocycles. The van der Waals surface area contributed by atoms with Crippen LogP contribution in [0, 0.1) is 0 Å². The number of ether oxygens (including phenoxy) is 1. The molecule has 120 valence electrons. The minimum atomic E-state index is -1.77. The monoisotopic (exact) mass is 319 g/mol. The Morgan fingerprint density at radius 2 is 1.91 bits per heavy atom. The number of fused-ring (bicyclic) bond motifs is 1. The van der Waals surface area contributed by atoms with E-state index in [2.05, 4.69) is 38.8 Å². The van der Waals surface area contributed by atoms with Crippen LogP contribution in [0.1, 0.15) is 36.8 Å². The smallest absolute Gasteiger partial charge is 0.337 e. The number of rotatable bonds is 4. The number of hydrogen-bond acceptors (Lipinski definition) is 3. The summed E-state index contributed by atoms with van der Waals surface area (Å²) >= 11 is 0. The van der Waals surface area contributed by atoms with Gasteiger partial charge >= 0.3 is 5.97 Å². The Morgan fingerprint density at radius 1 is 1.23 bits per heavy atom. The summed E-state index contributed by atoms with van der Waals surface area (Å²) in [6.45, 7) is 11.7. The molecule has 1 aromatic heterocycles. The zero-order valence-electron chi connectivity index (χ0n) is 14.2. The van der Waals surface area contributed by atoms with Crippen molar-refractivity contribution in [1.29, 1.82) is 0 Å². The molecule has 0 aliphatic rings. The van der Waals surface area contributed by atoms with Crippen LogP contribution in [0.5, 0.6) is 0 Å². The Kier molecular flexibility index (Phi) is 4.49. The molecular weight excluding hydrogens is 294 g/mol. The van der Waals surface area contributed by atoms with E-state index in [1.54, 1.807) is 6.07 Å². The maximum atomic E-state index is 11.6. The number of methoxy groups -OCH3 is 1. The van der Waals surface area contributed by atoms with Crippen molar-refractivity contribution >= 4 is 25.2 Å². The van der Waals surface area contributed by atoms with E-state index in [1.807, 2.05) is 18.2 Å². The molecule has 0 unspecified atom stereocenters. The van der Waals surface area contributed by atoms with Gasteiger partial charge in [-0.2, -0.15) is 0 Å². The summed E-state index contributed by atoms with van der Waals surface area (Å²) in [5.41, 5.74) is 2.59. The van der Waals surface area contributed by atoms with E-state index in [9.17, 15) is 4.79 Å². The second kappa shape index (κ2) is 5.89. The lowest BCUT2D eigenvalue weighted by Gasteiger charge is -2.36. The highest BCUT2D eigenvalue weighted by Gasteiger charge is 2.37. The van der Waals surface area contributed by atoms with Crippen LogP contribution in [0.2, 0.25) is 18.1 Å². The zero-order valence-corrected chi connectivity index (χ0v) is 15.2. The Hall–Kier alpha value is -1.59. The number of aromatic amines is 1. The van der Waals surface area contributed by atoms with Gasteiger partial charge in [-0.25, -0.2) is 4.79 Å². The van der Waals surface area contributed by atoms with Crippen molar-refractivity contribution in [3.05, 3.63) is 35.5 Å². The molecular formula is C17H25NO3Si. The van der Waals surface area contributed by atoms with Crippen LogP contribution in [0.25, 0.3) is 10.9 Å². The van der Waals surface area contributed by atoms with Gasteiger partial charge in [0.25, 0.3) is 0 Å². The Balaban J connectivity index is 2.18. The topological polar surface area (TPSA) is 51.3 Å². The molecule has 0 saturated carbocycles. The molecule has 22 heavy (non-hydrogen) atoms. The van der Waals surface area contributed by atoms with E-state index >= 15 is 0 Å². The van der Waals surface area contributed by atoms with Crippen LogP contribution in [0.15, 0.2) is 24.3 Å². The normalized spacial score (nSPS) is 12.6. The first kappa shape index (κ1) is 16.8. The number of benzene rings is 1. The maximum absolute atomic E-state index is 11.6. The number of nitrogens with one attached hydrogen (secondary N) is 1. The largest absolute Gasteiger partial charge is 0.465 e. The van der Waals surface area contributed by atoms with Crippen LogP contribution in [-0.2, 0) is 15.8 Å². The lowest BCUT2D eigenvalue weighted by atomic mass is 10.1. The van der Waals surface area contributed by atoms with Crippen molar-refractivity contribution in [2.24, 2.45) is 0 Å². The predicted molar refractivity (Wildman–Crippen MR) is 91.6 cm³/mol. The third-order valence-corrected chi connectivity index (χ3v) is 8.97. The molecule has 2 aromatic rings. The number of esters is 1. The second-order valence-corrected chi connectivity index (χ2v) is 11.9. The van der Waals surface area contributed by atoms with Crippen molar-refractivity contribution in [3.8, 4) is 0 Å². The second-order valence-electron chi connectivity index (χ2n) is 7.14. The van der Waals surface area contributed by atoms with E-state index in [4.69, 9.17) is 9.16 Å². The highest BCUT2D eigenvalue weighted by molar-refractivity contribution is 6.74. The van der Waals surface area contributed by atoms with E-state index in [0.717, 1.165) is 16.6 Å². The molecule has 0 spiro atoms. The first-order valence-corrected chi connectivity index (χ1v) is 10.4. The van der Waals surface area contributed by atoms with Crippen LogP contribution in [0.4, 0.5) is 0 Å². The molecule has 1 N–H and O–H groups in total. The molecule has 0 atom stereocenters. The number of aromatic nitrogens is 1. The van der Waals surface area contributed by atoms with E-state index in [1.165, 1.54) is 7.11 Å². The molecule has 1 heterocycles. The van der Waals surface area contributed by atoms with Gasteiger partial charge in [-0.05, 0) is 42.4 Å². The lowest BCUT2D eigenvalue weighted by molar-refractivity contribution is 0.0601. The third-order valence-electron chi connectivity index (χ3n) is 4.49. The highest BCUT2D eigenvalue weighted by atomic mass is 28.4. The number of hydrogen-bond donors (Lipinski definition) is 1. The fourth-order valence-electron chi connectivity index (χ4n) is 1.99. The fraction of sp³-hybridized carbons (Fsp3) is 0.471. The predicted octanol–water partition coefficient (Wildman–Crippen LogP) is 4.48. The minimum Gasteiger partial charge on any atom is -0.465 e.